The molecule has 0 spiro atoms. The lowest BCUT2D eigenvalue weighted by atomic mass is 10.3. The number of carboxylic acids is 1. The number of benzene rings is 1. The number of hydrogen-bond acceptors (Lipinski definition) is 5. The second-order valence-corrected chi connectivity index (χ2v) is 8.27. The van der Waals surface area contributed by atoms with Gasteiger partial charge in [-0.05, 0) is 25.2 Å². The van der Waals surface area contributed by atoms with Gasteiger partial charge in [-0.15, -0.1) is 0 Å². The van der Waals surface area contributed by atoms with Crippen LogP contribution >= 0.6 is 23.2 Å². The Balaban J connectivity index is 2.10. The molecule has 0 aliphatic carbocycles. The highest BCUT2D eigenvalue weighted by Crippen LogP contribution is 2.27. The van der Waals surface area contributed by atoms with E-state index in [1.807, 2.05) is 0 Å². The molecule has 2 rings (SSSR count). The minimum absolute atomic E-state index is 0.0661. The van der Waals surface area contributed by atoms with Gasteiger partial charge in [-0.3, -0.25) is 9.69 Å². The van der Waals surface area contributed by atoms with Gasteiger partial charge in [0.15, 0.2) is 0 Å². The second-order valence-electron chi connectivity index (χ2n) is 5.52. The van der Waals surface area contributed by atoms with Crippen LogP contribution in [0.25, 0.3) is 0 Å². The van der Waals surface area contributed by atoms with Crippen LogP contribution in [0, 0.1) is 0 Å². The van der Waals surface area contributed by atoms with Crippen molar-refractivity contribution < 1.29 is 23.1 Å². The smallest absolute Gasteiger partial charge is 0.317 e. The highest BCUT2D eigenvalue weighted by Gasteiger charge is 2.31. The number of aliphatic carboxylic acids is 1. The van der Waals surface area contributed by atoms with E-state index in [4.69, 9.17) is 33.0 Å². The summed E-state index contributed by atoms with van der Waals surface area (Å²) in [7, 11) is -2.07. The first-order valence-corrected chi connectivity index (χ1v) is 9.37. The van der Waals surface area contributed by atoms with E-state index in [1.165, 1.54) is 22.5 Å². The Morgan fingerprint density at radius 3 is 2.75 bits per heavy atom. The van der Waals surface area contributed by atoms with Crippen LogP contribution < -0.4 is 0 Å². The average molecular weight is 397 g/mol. The third-order valence-electron chi connectivity index (χ3n) is 3.55. The normalized spacial score (nSPS) is 19.6. The lowest BCUT2D eigenvalue weighted by molar-refractivity contribution is -0.138. The fourth-order valence-electron chi connectivity index (χ4n) is 2.45. The van der Waals surface area contributed by atoms with Crippen LogP contribution in [-0.4, -0.2) is 74.6 Å². The minimum atomic E-state index is -3.72. The van der Waals surface area contributed by atoms with E-state index < -0.39 is 22.1 Å². The number of hydrogen-bond donors (Lipinski definition) is 1. The molecule has 1 aliphatic heterocycles. The molecule has 1 unspecified atom stereocenters. The zero-order valence-corrected chi connectivity index (χ0v) is 15.3. The molecular formula is C14H18Cl2N2O5S. The quantitative estimate of drug-likeness (QED) is 0.781. The first-order valence-electron chi connectivity index (χ1n) is 7.17. The number of nitrogens with zero attached hydrogens (tertiary/aromatic N) is 2. The summed E-state index contributed by atoms with van der Waals surface area (Å²) in [5, 5.41) is 9.23. The summed E-state index contributed by atoms with van der Waals surface area (Å²) in [6.45, 7) is 0.791. The van der Waals surface area contributed by atoms with Crippen LogP contribution in [0.15, 0.2) is 23.1 Å². The molecule has 0 amide bonds. The molecular weight excluding hydrogens is 379 g/mol. The topological polar surface area (TPSA) is 87.2 Å². The number of likely N-dealkylation sites (N-methyl/N-ethyl adjacent to an activating group) is 1. The summed E-state index contributed by atoms with van der Waals surface area (Å²) in [5.41, 5.74) is 0. The van der Waals surface area contributed by atoms with Crippen molar-refractivity contribution in [3.05, 3.63) is 28.2 Å². The summed E-state index contributed by atoms with van der Waals surface area (Å²) >= 11 is 11.7. The van der Waals surface area contributed by atoms with Gasteiger partial charge in [-0.25, -0.2) is 8.42 Å². The number of carbonyl (C=O) groups is 1. The third-order valence-corrected chi connectivity index (χ3v) is 6.15. The molecule has 0 aromatic heterocycles. The third kappa shape index (κ3) is 4.81. The molecule has 1 saturated heterocycles. The van der Waals surface area contributed by atoms with Crippen LogP contribution in [-0.2, 0) is 19.6 Å². The van der Waals surface area contributed by atoms with Crippen molar-refractivity contribution in [3.63, 3.8) is 0 Å². The van der Waals surface area contributed by atoms with Gasteiger partial charge in [0.05, 0.1) is 34.2 Å². The van der Waals surface area contributed by atoms with Gasteiger partial charge in [0.1, 0.15) is 0 Å². The molecule has 1 fully saturated rings. The molecule has 24 heavy (non-hydrogen) atoms. The van der Waals surface area contributed by atoms with Crippen molar-refractivity contribution in [2.24, 2.45) is 0 Å². The average Bonchev–Trinajstić information content (AvgIpc) is 2.49. The number of halogens is 2. The summed E-state index contributed by atoms with van der Waals surface area (Å²) < 4.78 is 32.3. The predicted molar refractivity (Wildman–Crippen MR) is 90.1 cm³/mol. The first-order chi connectivity index (χ1) is 11.2. The van der Waals surface area contributed by atoms with Crippen molar-refractivity contribution in [1.82, 2.24) is 9.21 Å². The van der Waals surface area contributed by atoms with Crippen LogP contribution in [0.4, 0.5) is 0 Å². The van der Waals surface area contributed by atoms with E-state index in [0.29, 0.717) is 6.54 Å². The van der Waals surface area contributed by atoms with Gasteiger partial charge in [-0.1, -0.05) is 23.2 Å². The Morgan fingerprint density at radius 2 is 2.12 bits per heavy atom. The van der Waals surface area contributed by atoms with Crippen molar-refractivity contribution in [2.45, 2.75) is 11.0 Å². The Morgan fingerprint density at radius 1 is 1.42 bits per heavy atom. The molecule has 0 bridgehead atoms. The van der Waals surface area contributed by atoms with E-state index in [2.05, 4.69) is 0 Å². The zero-order chi connectivity index (χ0) is 17.9. The molecule has 0 radical (unpaired) electrons. The fraction of sp³-hybridized carbons (Fsp3) is 0.500. The van der Waals surface area contributed by atoms with E-state index in [0.717, 1.165) is 0 Å². The number of morpholine rings is 1. The molecule has 1 atom stereocenters. The van der Waals surface area contributed by atoms with Crippen molar-refractivity contribution in [2.75, 3.05) is 39.8 Å². The number of carboxylic acid groups (broad SMARTS) is 1. The van der Waals surface area contributed by atoms with E-state index in [-0.39, 0.29) is 41.2 Å². The molecule has 1 N–H and O–H groups in total. The van der Waals surface area contributed by atoms with E-state index >= 15 is 0 Å². The second kappa shape index (κ2) is 7.99. The van der Waals surface area contributed by atoms with Crippen LogP contribution in [0.2, 0.25) is 10.0 Å². The van der Waals surface area contributed by atoms with Gasteiger partial charge in [0, 0.05) is 19.6 Å². The van der Waals surface area contributed by atoms with Crippen LogP contribution in [0.3, 0.4) is 0 Å². The lowest BCUT2D eigenvalue weighted by Gasteiger charge is -2.33. The van der Waals surface area contributed by atoms with Crippen molar-refractivity contribution >= 4 is 39.2 Å². The largest absolute Gasteiger partial charge is 0.480 e. The highest BCUT2D eigenvalue weighted by molar-refractivity contribution is 7.89. The molecule has 1 aromatic carbocycles. The van der Waals surface area contributed by atoms with Crippen molar-refractivity contribution in [1.29, 1.82) is 0 Å². The Hall–Kier alpha value is -0.900. The summed E-state index contributed by atoms with van der Waals surface area (Å²) in [6, 6.07) is 4.17. The molecule has 1 aromatic rings. The number of sulfonamides is 1. The molecule has 134 valence electrons. The summed E-state index contributed by atoms with van der Waals surface area (Å²) in [6.07, 6.45) is -0.402. The van der Waals surface area contributed by atoms with Crippen LogP contribution in [0.5, 0.6) is 0 Å². The zero-order valence-electron chi connectivity index (χ0n) is 13.0. The first kappa shape index (κ1) is 19.4. The maximum atomic E-state index is 12.7. The van der Waals surface area contributed by atoms with Gasteiger partial charge >= 0.3 is 5.97 Å². The van der Waals surface area contributed by atoms with E-state index in [9.17, 15) is 13.2 Å². The highest BCUT2D eigenvalue weighted by atomic mass is 35.5. The van der Waals surface area contributed by atoms with Gasteiger partial charge in [0.25, 0.3) is 0 Å². The Labute approximate surface area is 150 Å². The van der Waals surface area contributed by atoms with Gasteiger partial charge < -0.3 is 9.84 Å². The molecule has 1 aliphatic rings. The standard InChI is InChI=1S/C14H18Cl2N2O5S/c1-17(9-14(19)20)7-10-8-18(4-5-23-10)24(21,22)11-2-3-12(15)13(16)6-11/h2-3,6,10H,4-5,7-9H2,1H3,(H,19,20). The Bertz CT molecular complexity index is 713. The number of rotatable bonds is 6. The van der Waals surface area contributed by atoms with Gasteiger partial charge in [-0.2, -0.15) is 4.31 Å². The SMILES string of the molecule is CN(CC(=O)O)CC1CN(S(=O)(=O)c2ccc(Cl)c(Cl)c2)CCO1. The van der Waals surface area contributed by atoms with Crippen LogP contribution in [0.1, 0.15) is 0 Å². The summed E-state index contributed by atoms with van der Waals surface area (Å²) in [5.74, 6) is -0.950. The summed E-state index contributed by atoms with van der Waals surface area (Å²) in [4.78, 5) is 12.3. The number of ether oxygens (including phenoxy) is 1. The minimum Gasteiger partial charge on any atom is -0.480 e. The molecule has 1 heterocycles. The van der Waals surface area contributed by atoms with Gasteiger partial charge in [0.2, 0.25) is 10.0 Å². The molecule has 7 nitrogen and oxygen atoms in total. The van der Waals surface area contributed by atoms with E-state index in [1.54, 1.807) is 11.9 Å². The maximum absolute atomic E-state index is 12.7. The van der Waals surface area contributed by atoms with Crippen molar-refractivity contribution in [3.8, 4) is 0 Å². The lowest BCUT2D eigenvalue weighted by Crippen LogP contribution is -2.49. The maximum Gasteiger partial charge on any atom is 0.317 e. The predicted octanol–water partition coefficient (Wildman–Crippen LogP) is 1.40. The fourth-order valence-corrected chi connectivity index (χ4v) is 4.30. The molecule has 10 heteroatoms. The molecule has 0 saturated carbocycles. The monoisotopic (exact) mass is 396 g/mol. The Kier molecular flexibility index (Phi) is 6.46.